The molecule has 0 saturated heterocycles. The molecular formula is C18H11Cl2FN2O4. The lowest BCUT2D eigenvalue weighted by Crippen LogP contribution is -2.24. The van der Waals surface area contributed by atoms with Crippen LogP contribution in [0.5, 0.6) is 5.75 Å². The molecule has 0 spiro atoms. The standard InChI is InChI=1S/C18H11Cl2FN2O4/c1-27-11-6-7-12(19)13(8-11)23-16(9-2-4-10(21)5-3-9)14(20)17(24)15(22-23)18(25)26/h2-8H,1H3,(H,25,26). The molecule has 0 fully saturated rings. The van der Waals surface area contributed by atoms with Crippen LogP contribution in [0.2, 0.25) is 10.0 Å². The Morgan fingerprint density at radius 3 is 2.44 bits per heavy atom. The van der Waals surface area contributed by atoms with E-state index in [0.29, 0.717) is 11.3 Å². The van der Waals surface area contributed by atoms with Crippen molar-refractivity contribution in [1.82, 2.24) is 9.78 Å². The molecule has 2 aromatic carbocycles. The van der Waals surface area contributed by atoms with E-state index in [0.717, 1.165) is 4.68 Å². The van der Waals surface area contributed by atoms with Crippen molar-refractivity contribution in [3.63, 3.8) is 0 Å². The fraction of sp³-hybridized carbons (Fsp3) is 0.0556. The fourth-order valence-corrected chi connectivity index (χ4v) is 2.93. The summed E-state index contributed by atoms with van der Waals surface area (Å²) in [6, 6.07) is 9.78. The van der Waals surface area contributed by atoms with Crippen molar-refractivity contribution in [2.75, 3.05) is 7.11 Å². The summed E-state index contributed by atoms with van der Waals surface area (Å²) in [7, 11) is 1.45. The number of halogens is 3. The summed E-state index contributed by atoms with van der Waals surface area (Å²) in [6.45, 7) is 0. The molecule has 0 aliphatic heterocycles. The third kappa shape index (κ3) is 3.51. The van der Waals surface area contributed by atoms with Crippen molar-refractivity contribution in [1.29, 1.82) is 0 Å². The van der Waals surface area contributed by atoms with Crippen LogP contribution in [-0.4, -0.2) is 28.0 Å². The first-order chi connectivity index (χ1) is 12.8. The Morgan fingerprint density at radius 2 is 1.85 bits per heavy atom. The molecule has 6 nitrogen and oxygen atoms in total. The molecule has 0 atom stereocenters. The average molecular weight is 409 g/mol. The summed E-state index contributed by atoms with van der Waals surface area (Å²) in [6.07, 6.45) is 0. The molecule has 27 heavy (non-hydrogen) atoms. The van der Waals surface area contributed by atoms with Crippen LogP contribution in [0.4, 0.5) is 4.39 Å². The number of methoxy groups -OCH3 is 1. The van der Waals surface area contributed by atoms with E-state index in [4.69, 9.17) is 27.9 Å². The first-order valence-electron chi connectivity index (χ1n) is 7.49. The average Bonchev–Trinajstić information content (AvgIpc) is 2.65. The highest BCUT2D eigenvalue weighted by Crippen LogP contribution is 2.32. The van der Waals surface area contributed by atoms with E-state index in [9.17, 15) is 19.1 Å². The van der Waals surface area contributed by atoms with Gasteiger partial charge in [-0.1, -0.05) is 23.2 Å². The van der Waals surface area contributed by atoms with Crippen LogP contribution in [-0.2, 0) is 0 Å². The third-order valence-electron chi connectivity index (χ3n) is 3.74. The molecule has 1 heterocycles. The highest BCUT2D eigenvalue weighted by Gasteiger charge is 2.23. The summed E-state index contributed by atoms with van der Waals surface area (Å²) in [4.78, 5) is 23.8. The monoisotopic (exact) mass is 408 g/mol. The maximum absolute atomic E-state index is 13.3. The van der Waals surface area contributed by atoms with Gasteiger partial charge in [-0.15, -0.1) is 0 Å². The number of nitrogens with zero attached hydrogens (tertiary/aromatic N) is 2. The minimum atomic E-state index is -1.54. The second-order valence-corrected chi connectivity index (χ2v) is 6.17. The van der Waals surface area contributed by atoms with Crippen molar-refractivity contribution >= 4 is 29.2 Å². The Hall–Kier alpha value is -2.90. The molecule has 3 rings (SSSR count). The first kappa shape index (κ1) is 18.9. The highest BCUT2D eigenvalue weighted by atomic mass is 35.5. The zero-order chi connectivity index (χ0) is 19.7. The van der Waals surface area contributed by atoms with E-state index in [1.807, 2.05) is 0 Å². The summed E-state index contributed by atoms with van der Waals surface area (Å²) in [5, 5.41) is 13.0. The molecule has 0 saturated carbocycles. The number of rotatable bonds is 4. The van der Waals surface area contributed by atoms with Gasteiger partial charge in [-0.2, -0.15) is 5.10 Å². The molecule has 138 valence electrons. The normalized spacial score (nSPS) is 10.7. The van der Waals surface area contributed by atoms with E-state index in [1.54, 1.807) is 6.07 Å². The predicted octanol–water partition coefficient (Wildman–Crippen LogP) is 4.05. The molecule has 0 bridgehead atoms. The van der Waals surface area contributed by atoms with E-state index < -0.39 is 22.9 Å². The van der Waals surface area contributed by atoms with Gasteiger partial charge in [0, 0.05) is 11.6 Å². The van der Waals surface area contributed by atoms with Gasteiger partial charge in [-0.3, -0.25) is 4.79 Å². The number of aromatic carboxylic acids is 1. The zero-order valence-corrected chi connectivity index (χ0v) is 15.3. The van der Waals surface area contributed by atoms with E-state index >= 15 is 0 Å². The van der Waals surface area contributed by atoms with Crippen molar-refractivity contribution in [3.8, 4) is 22.7 Å². The number of aromatic nitrogens is 2. The van der Waals surface area contributed by atoms with Crippen LogP contribution in [0.25, 0.3) is 16.9 Å². The minimum absolute atomic E-state index is 0.0711. The molecule has 1 N–H and O–H groups in total. The molecule has 0 unspecified atom stereocenters. The van der Waals surface area contributed by atoms with Gasteiger partial charge >= 0.3 is 5.97 Å². The number of hydrogen-bond acceptors (Lipinski definition) is 4. The third-order valence-corrected chi connectivity index (χ3v) is 4.41. The van der Waals surface area contributed by atoms with Crippen LogP contribution < -0.4 is 10.2 Å². The SMILES string of the molecule is COc1ccc(Cl)c(-n2nc(C(=O)O)c(=O)c(Cl)c2-c2ccc(F)cc2)c1. The molecular weight excluding hydrogens is 398 g/mol. The second-order valence-electron chi connectivity index (χ2n) is 5.38. The Labute approximate surface area is 162 Å². The van der Waals surface area contributed by atoms with Crippen LogP contribution in [0.3, 0.4) is 0 Å². The van der Waals surface area contributed by atoms with Crippen LogP contribution >= 0.6 is 23.2 Å². The molecule has 0 aliphatic carbocycles. The summed E-state index contributed by atoms with van der Waals surface area (Å²) < 4.78 is 19.6. The molecule has 9 heteroatoms. The predicted molar refractivity (Wildman–Crippen MR) is 98.8 cm³/mol. The van der Waals surface area contributed by atoms with Crippen molar-refractivity contribution in [2.24, 2.45) is 0 Å². The zero-order valence-electron chi connectivity index (χ0n) is 13.7. The van der Waals surface area contributed by atoms with Crippen LogP contribution in [0.1, 0.15) is 10.5 Å². The number of carboxylic acid groups (broad SMARTS) is 1. The summed E-state index contributed by atoms with van der Waals surface area (Å²) in [5.74, 6) is -1.61. The van der Waals surface area contributed by atoms with Gasteiger partial charge in [0.05, 0.1) is 23.5 Å². The quantitative estimate of drug-likeness (QED) is 0.703. The van der Waals surface area contributed by atoms with Crippen LogP contribution in [0, 0.1) is 5.82 Å². The van der Waals surface area contributed by atoms with E-state index in [2.05, 4.69) is 5.10 Å². The van der Waals surface area contributed by atoms with Gasteiger partial charge < -0.3 is 9.84 Å². The van der Waals surface area contributed by atoms with Gasteiger partial charge in [0.1, 0.15) is 16.6 Å². The van der Waals surface area contributed by atoms with E-state index in [-0.39, 0.29) is 21.4 Å². The number of carboxylic acids is 1. The molecule has 0 amide bonds. The van der Waals surface area contributed by atoms with Crippen LogP contribution in [0.15, 0.2) is 47.3 Å². The van der Waals surface area contributed by atoms with Gasteiger partial charge in [0.25, 0.3) is 0 Å². The fourth-order valence-electron chi connectivity index (χ4n) is 2.45. The highest BCUT2D eigenvalue weighted by molar-refractivity contribution is 6.34. The lowest BCUT2D eigenvalue weighted by atomic mass is 10.1. The molecule has 0 aliphatic rings. The largest absolute Gasteiger partial charge is 0.497 e. The summed E-state index contributed by atoms with van der Waals surface area (Å²) in [5.41, 5.74) is -1.08. The number of hydrogen-bond donors (Lipinski definition) is 1. The van der Waals surface area contributed by atoms with Gasteiger partial charge in [-0.05, 0) is 36.4 Å². The van der Waals surface area contributed by atoms with Crippen molar-refractivity contribution in [2.45, 2.75) is 0 Å². The van der Waals surface area contributed by atoms with Crippen molar-refractivity contribution < 1.29 is 19.0 Å². The first-order valence-corrected chi connectivity index (χ1v) is 8.25. The molecule has 3 aromatic rings. The number of ether oxygens (including phenoxy) is 1. The maximum Gasteiger partial charge on any atom is 0.360 e. The topological polar surface area (TPSA) is 81.4 Å². The lowest BCUT2D eigenvalue weighted by molar-refractivity contribution is 0.0687. The lowest BCUT2D eigenvalue weighted by Gasteiger charge is -2.17. The molecule has 0 radical (unpaired) electrons. The Bertz CT molecular complexity index is 1100. The van der Waals surface area contributed by atoms with Gasteiger partial charge in [0.2, 0.25) is 11.1 Å². The minimum Gasteiger partial charge on any atom is -0.497 e. The molecule has 1 aromatic heterocycles. The van der Waals surface area contributed by atoms with Gasteiger partial charge in [-0.25, -0.2) is 13.9 Å². The summed E-state index contributed by atoms with van der Waals surface area (Å²) >= 11 is 12.4. The Balaban J connectivity index is 2.42. The Morgan fingerprint density at radius 1 is 1.19 bits per heavy atom. The van der Waals surface area contributed by atoms with E-state index in [1.165, 1.54) is 43.5 Å². The van der Waals surface area contributed by atoms with Crippen molar-refractivity contribution in [3.05, 3.63) is 74.2 Å². The number of carbonyl (C=O) groups is 1. The second kappa shape index (κ2) is 7.38. The number of benzene rings is 2. The maximum atomic E-state index is 13.3. The smallest absolute Gasteiger partial charge is 0.360 e. The Kier molecular flexibility index (Phi) is 5.16. The van der Waals surface area contributed by atoms with Gasteiger partial charge in [0.15, 0.2) is 0 Å².